The number of nitrogens with zero attached hydrogens (tertiary/aromatic N) is 1. The summed E-state index contributed by atoms with van der Waals surface area (Å²) in [5.74, 6) is 0.0533. The molecule has 1 aliphatic carbocycles. The number of rotatable bonds is 3. The molecule has 1 aliphatic heterocycles. The largest absolute Gasteiger partial charge is 0.343 e. The van der Waals surface area contributed by atoms with Gasteiger partial charge in [-0.3, -0.25) is 9.59 Å². The van der Waals surface area contributed by atoms with Crippen LogP contribution in [0.2, 0.25) is 0 Å². The number of nitrogens with one attached hydrogen (secondary N) is 1. The number of likely N-dealkylation sites (tertiary alicyclic amines) is 1. The Balaban J connectivity index is 0.00000192. The summed E-state index contributed by atoms with van der Waals surface area (Å²) in [4.78, 5) is 25.9. The quantitative estimate of drug-likeness (QED) is 0.866. The third kappa shape index (κ3) is 3.82. The third-order valence-electron chi connectivity index (χ3n) is 4.77. The topological polar surface area (TPSA) is 75.4 Å². The van der Waals surface area contributed by atoms with Crippen molar-refractivity contribution in [3.05, 3.63) is 35.6 Å². The van der Waals surface area contributed by atoms with E-state index in [9.17, 15) is 14.0 Å². The first-order valence-corrected chi connectivity index (χ1v) is 7.61. The second kappa shape index (κ2) is 7.27. The predicted octanol–water partition coefficient (Wildman–Crippen LogP) is 1.17. The van der Waals surface area contributed by atoms with Gasteiger partial charge >= 0.3 is 0 Å². The van der Waals surface area contributed by atoms with Gasteiger partial charge in [-0.1, -0.05) is 0 Å². The number of hydrogen-bond donors (Lipinski definition) is 2. The lowest BCUT2D eigenvalue weighted by Gasteiger charge is -2.19. The first-order chi connectivity index (χ1) is 10.5. The molecule has 2 fully saturated rings. The highest BCUT2D eigenvalue weighted by Gasteiger charge is 2.42. The van der Waals surface area contributed by atoms with Crippen LogP contribution in [-0.2, 0) is 4.79 Å². The number of nitrogens with two attached hydrogens (primary N) is 1. The number of amides is 2. The molecule has 0 aromatic heterocycles. The van der Waals surface area contributed by atoms with E-state index in [0.29, 0.717) is 23.9 Å². The molecule has 1 saturated carbocycles. The van der Waals surface area contributed by atoms with E-state index in [1.807, 2.05) is 0 Å². The van der Waals surface area contributed by atoms with Crippen LogP contribution in [0, 0.1) is 17.7 Å². The maximum atomic E-state index is 12.8. The Morgan fingerprint density at radius 2 is 1.91 bits per heavy atom. The van der Waals surface area contributed by atoms with E-state index in [4.69, 9.17) is 5.73 Å². The van der Waals surface area contributed by atoms with E-state index in [0.717, 1.165) is 19.4 Å². The minimum absolute atomic E-state index is 0. The monoisotopic (exact) mass is 341 g/mol. The molecule has 1 aromatic rings. The summed E-state index contributed by atoms with van der Waals surface area (Å²) in [6, 6.07) is 5.43. The average Bonchev–Trinajstić information content (AvgIpc) is 3.08. The Bertz CT molecular complexity index is 581. The lowest BCUT2D eigenvalue weighted by Crippen LogP contribution is -2.40. The van der Waals surface area contributed by atoms with Crippen molar-refractivity contribution in [1.82, 2.24) is 10.2 Å². The number of carbonyl (C=O) groups excluding carboxylic acids is 2. The highest BCUT2D eigenvalue weighted by molar-refractivity contribution is 5.96. The van der Waals surface area contributed by atoms with Crippen LogP contribution in [0.1, 0.15) is 23.2 Å². The zero-order valence-electron chi connectivity index (χ0n) is 12.7. The van der Waals surface area contributed by atoms with Gasteiger partial charge < -0.3 is 16.0 Å². The molecule has 0 radical (unpaired) electrons. The van der Waals surface area contributed by atoms with Crippen LogP contribution in [0.3, 0.4) is 0 Å². The fourth-order valence-corrected chi connectivity index (χ4v) is 3.48. The number of benzene rings is 1. The fourth-order valence-electron chi connectivity index (χ4n) is 3.48. The Hall–Kier alpha value is -1.66. The van der Waals surface area contributed by atoms with Gasteiger partial charge in [-0.05, 0) is 48.9 Å². The molecule has 5 nitrogen and oxygen atoms in total. The molecule has 23 heavy (non-hydrogen) atoms. The minimum atomic E-state index is -0.396. The summed E-state index contributed by atoms with van der Waals surface area (Å²) in [5, 5.41) is 2.59. The summed E-state index contributed by atoms with van der Waals surface area (Å²) in [5.41, 5.74) is 6.40. The molecule has 126 valence electrons. The van der Waals surface area contributed by atoms with Crippen LogP contribution in [0.4, 0.5) is 4.39 Å². The van der Waals surface area contributed by atoms with E-state index in [2.05, 4.69) is 5.32 Å². The van der Waals surface area contributed by atoms with Gasteiger partial charge in [0.1, 0.15) is 5.82 Å². The Morgan fingerprint density at radius 3 is 2.57 bits per heavy atom. The zero-order chi connectivity index (χ0) is 15.7. The van der Waals surface area contributed by atoms with E-state index >= 15 is 0 Å². The maximum absolute atomic E-state index is 12.8. The van der Waals surface area contributed by atoms with Crippen molar-refractivity contribution in [3.63, 3.8) is 0 Å². The van der Waals surface area contributed by atoms with Gasteiger partial charge in [-0.2, -0.15) is 0 Å². The van der Waals surface area contributed by atoms with Crippen molar-refractivity contribution in [3.8, 4) is 0 Å². The van der Waals surface area contributed by atoms with Gasteiger partial charge in [0, 0.05) is 24.7 Å². The van der Waals surface area contributed by atoms with Gasteiger partial charge in [0.25, 0.3) is 5.91 Å². The van der Waals surface area contributed by atoms with Crippen molar-refractivity contribution in [2.45, 2.75) is 18.9 Å². The Labute approximate surface area is 140 Å². The molecule has 2 amide bonds. The lowest BCUT2D eigenvalue weighted by atomic mass is 9.98. The van der Waals surface area contributed by atoms with Crippen LogP contribution in [0.15, 0.2) is 24.3 Å². The minimum Gasteiger partial charge on any atom is -0.343 e. The molecule has 2 aliphatic rings. The van der Waals surface area contributed by atoms with Crippen LogP contribution < -0.4 is 11.1 Å². The molecular formula is C16H21ClFN3O2. The average molecular weight is 342 g/mol. The maximum Gasteiger partial charge on any atom is 0.251 e. The lowest BCUT2D eigenvalue weighted by molar-refractivity contribution is -0.129. The smallest absolute Gasteiger partial charge is 0.251 e. The van der Waals surface area contributed by atoms with E-state index in [1.165, 1.54) is 24.3 Å². The van der Waals surface area contributed by atoms with Gasteiger partial charge in [0.15, 0.2) is 0 Å². The van der Waals surface area contributed by atoms with Gasteiger partial charge in [0.2, 0.25) is 5.91 Å². The predicted molar refractivity (Wildman–Crippen MR) is 86.8 cm³/mol. The molecule has 3 N–H and O–H groups in total. The van der Waals surface area contributed by atoms with E-state index in [1.54, 1.807) is 4.90 Å². The molecule has 1 aromatic carbocycles. The summed E-state index contributed by atoms with van der Waals surface area (Å²) < 4.78 is 12.8. The number of halogens is 2. The standard InChI is InChI=1S/C16H20FN3O2.ClH/c17-12-4-1-10(2-5-12)16(22)19-7-15(21)20-8-11-3-6-14(18)13(11)9-20;/h1-2,4-5,11,13-14H,3,6-9,18H2,(H,19,22);1H. The molecular weight excluding hydrogens is 321 g/mol. The SMILES string of the molecule is Cl.NC1CCC2CN(C(=O)CNC(=O)c3ccc(F)cc3)CC12. The number of fused-ring (bicyclic) bond motifs is 1. The molecule has 3 unspecified atom stereocenters. The van der Waals surface area contributed by atoms with Crippen LogP contribution in [0.5, 0.6) is 0 Å². The van der Waals surface area contributed by atoms with Crippen molar-refractivity contribution < 1.29 is 14.0 Å². The second-order valence-corrected chi connectivity index (χ2v) is 6.15. The van der Waals surface area contributed by atoms with Crippen molar-refractivity contribution in [2.75, 3.05) is 19.6 Å². The summed E-state index contributed by atoms with van der Waals surface area (Å²) in [6.45, 7) is 1.39. The van der Waals surface area contributed by atoms with Crippen LogP contribution in [-0.4, -0.2) is 42.4 Å². The highest BCUT2D eigenvalue weighted by atomic mass is 35.5. The van der Waals surface area contributed by atoms with Gasteiger partial charge in [-0.25, -0.2) is 4.39 Å². The summed E-state index contributed by atoms with van der Waals surface area (Å²) in [7, 11) is 0. The highest BCUT2D eigenvalue weighted by Crippen LogP contribution is 2.36. The third-order valence-corrected chi connectivity index (χ3v) is 4.77. The normalized spacial score (nSPS) is 25.7. The second-order valence-electron chi connectivity index (χ2n) is 6.15. The van der Waals surface area contributed by atoms with Gasteiger partial charge in [-0.15, -0.1) is 12.4 Å². The molecule has 0 spiro atoms. The zero-order valence-corrected chi connectivity index (χ0v) is 13.5. The first-order valence-electron chi connectivity index (χ1n) is 7.61. The number of hydrogen-bond acceptors (Lipinski definition) is 3. The Morgan fingerprint density at radius 1 is 1.22 bits per heavy atom. The molecule has 3 rings (SSSR count). The first kappa shape index (κ1) is 17.7. The van der Waals surface area contributed by atoms with Crippen molar-refractivity contribution >= 4 is 24.2 Å². The molecule has 0 bridgehead atoms. The van der Waals surface area contributed by atoms with Crippen molar-refractivity contribution in [2.24, 2.45) is 17.6 Å². The van der Waals surface area contributed by atoms with Gasteiger partial charge in [0.05, 0.1) is 6.54 Å². The van der Waals surface area contributed by atoms with Crippen LogP contribution in [0.25, 0.3) is 0 Å². The molecule has 7 heteroatoms. The Kier molecular flexibility index (Phi) is 5.59. The van der Waals surface area contributed by atoms with Crippen molar-refractivity contribution in [1.29, 1.82) is 0 Å². The van der Waals surface area contributed by atoms with Crippen LogP contribution >= 0.6 is 12.4 Å². The van der Waals surface area contributed by atoms with E-state index in [-0.39, 0.29) is 36.8 Å². The summed E-state index contributed by atoms with van der Waals surface area (Å²) in [6.07, 6.45) is 2.12. The molecule has 3 atom stereocenters. The fraction of sp³-hybridized carbons (Fsp3) is 0.500. The number of carbonyl (C=O) groups is 2. The van der Waals surface area contributed by atoms with E-state index < -0.39 is 5.82 Å². The molecule has 1 heterocycles. The molecule has 1 saturated heterocycles. The summed E-state index contributed by atoms with van der Waals surface area (Å²) >= 11 is 0.